The Bertz CT molecular complexity index is 903. The first-order chi connectivity index (χ1) is 13.4. The van der Waals surface area contributed by atoms with Crippen LogP contribution in [0.2, 0.25) is 0 Å². The molecule has 146 valence electrons. The van der Waals surface area contributed by atoms with Crippen LogP contribution in [0, 0.1) is 6.92 Å². The van der Waals surface area contributed by atoms with Crippen LogP contribution >= 0.6 is 15.9 Å². The van der Waals surface area contributed by atoms with Crippen molar-refractivity contribution in [1.82, 2.24) is 4.90 Å². The largest absolute Gasteiger partial charge is 0.507 e. The van der Waals surface area contributed by atoms with Crippen LogP contribution in [0.25, 0.3) is 5.76 Å². The number of likely N-dealkylation sites (tertiary alicyclic amines) is 1. The lowest BCUT2D eigenvalue weighted by Crippen LogP contribution is -2.31. The van der Waals surface area contributed by atoms with Crippen molar-refractivity contribution in [2.24, 2.45) is 0 Å². The first-order valence-corrected chi connectivity index (χ1v) is 9.83. The molecule has 0 aliphatic carbocycles. The summed E-state index contributed by atoms with van der Waals surface area (Å²) >= 11 is 3.41. The third kappa shape index (κ3) is 4.03. The maximum atomic E-state index is 12.8. The van der Waals surface area contributed by atoms with Crippen LogP contribution < -0.4 is 0 Å². The first kappa shape index (κ1) is 20.3. The molecule has 1 amide bonds. The molecule has 1 aliphatic heterocycles. The van der Waals surface area contributed by atoms with E-state index in [1.807, 2.05) is 43.3 Å². The normalized spacial score (nSPS) is 18.7. The number of Topliss-reactive ketones (excluding diaryl/α,β-unsaturated/α-hetero) is 1. The van der Waals surface area contributed by atoms with Gasteiger partial charge in [0.15, 0.2) is 0 Å². The van der Waals surface area contributed by atoms with E-state index in [0.29, 0.717) is 25.1 Å². The number of hydrogen-bond donors (Lipinski definition) is 1. The molecule has 3 rings (SSSR count). The summed E-state index contributed by atoms with van der Waals surface area (Å²) in [7, 11) is 1.59. The monoisotopic (exact) mass is 443 g/mol. The van der Waals surface area contributed by atoms with Gasteiger partial charge < -0.3 is 14.7 Å². The number of aryl methyl sites for hydroxylation is 1. The number of methoxy groups -OCH3 is 1. The maximum Gasteiger partial charge on any atom is 0.295 e. The van der Waals surface area contributed by atoms with Crippen LogP contribution in [0.4, 0.5) is 0 Å². The number of rotatable bonds is 6. The molecular weight excluding hydrogens is 422 g/mol. The summed E-state index contributed by atoms with van der Waals surface area (Å²) in [5.41, 5.74) is 2.45. The quantitative estimate of drug-likeness (QED) is 0.314. The van der Waals surface area contributed by atoms with E-state index in [-0.39, 0.29) is 11.3 Å². The van der Waals surface area contributed by atoms with Gasteiger partial charge in [0.2, 0.25) is 0 Å². The van der Waals surface area contributed by atoms with Crippen molar-refractivity contribution in [2.45, 2.75) is 19.4 Å². The summed E-state index contributed by atoms with van der Waals surface area (Å²) in [6.45, 7) is 2.79. The molecule has 1 atom stereocenters. The van der Waals surface area contributed by atoms with Gasteiger partial charge in [0.25, 0.3) is 11.7 Å². The van der Waals surface area contributed by atoms with Crippen LogP contribution in [0.1, 0.15) is 29.2 Å². The Hall–Kier alpha value is -2.44. The lowest BCUT2D eigenvalue weighted by molar-refractivity contribution is -0.140. The first-order valence-electron chi connectivity index (χ1n) is 9.04. The molecule has 6 heteroatoms. The van der Waals surface area contributed by atoms with Gasteiger partial charge in [-0.05, 0) is 31.0 Å². The molecule has 0 bridgehead atoms. The van der Waals surface area contributed by atoms with Crippen LogP contribution in [-0.4, -0.2) is 42.0 Å². The van der Waals surface area contributed by atoms with Crippen molar-refractivity contribution in [3.63, 3.8) is 0 Å². The van der Waals surface area contributed by atoms with Gasteiger partial charge in [-0.1, -0.05) is 57.9 Å². The highest BCUT2D eigenvalue weighted by atomic mass is 79.9. The zero-order valence-electron chi connectivity index (χ0n) is 15.8. The second-order valence-electron chi connectivity index (χ2n) is 6.76. The SMILES string of the molecule is COCCCN1C(=O)C(=O)/C(=C(/O)c2ccc(C)cc2)C1c1ccc(Br)cc1. The minimum absolute atomic E-state index is 0.119. The number of amides is 1. The second kappa shape index (κ2) is 8.71. The smallest absolute Gasteiger partial charge is 0.295 e. The number of nitrogens with zero attached hydrogens (tertiary/aromatic N) is 1. The Morgan fingerprint density at radius 2 is 1.75 bits per heavy atom. The Balaban J connectivity index is 2.10. The molecule has 0 radical (unpaired) electrons. The van der Waals surface area contributed by atoms with E-state index in [1.54, 1.807) is 19.2 Å². The van der Waals surface area contributed by atoms with Gasteiger partial charge in [-0.2, -0.15) is 0 Å². The molecular formula is C22H22BrNO4. The molecule has 1 fully saturated rings. The van der Waals surface area contributed by atoms with Crippen molar-refractivity contribution in [1.29, 1.82) is 0 Å². The fourth-order valence-electron chi connectivity index (χ4n) is 3.35. The van der Waals surface area contributed by atoms with E-state index in [4.69, 9.17) is 4.74 Å². The van der Waals surface area contributed by atoms with Crippen molar-refractivity contribution in [3.8, 4) is 0 Å². The highest BCUT2D eigenvalue weighted by Crippen LogP contribution is 2.39. The molecule has 1 aliphatic rings. The summed E-state index contributed by atoms with van der Waals surface area (Å²) in [5.74, 6) is -1.42. The third-order valence-corrected chi connectivity index (χ3v) is 5.33. The fourth-order valence-corrected chi connectivity index (χ4v) is 3.61. The van der Waals surface area contributed by atoms with E-state index in [1.165, 1.54) is 4.90 Å². The number of benzene rings is 2. The second-order valence-corrected chi connectivity index (χ2v) is 7.67. The van der Waals surface area contributed by atoms with Gasteiger partial charge in [-0.15, -0.1) is 0 Å². The lowest BCUT2D eigenvalue weighted by Gasteiger charge is -2.25. The standard InChI is InChI=1S/C22H22BrNO4/c1-14-4-6-16(7-5-14)20(25)18-19(15-8-10-17(23)11-9-15)24(12-3-13-28-2)22(27)21(18)26/h4-11,19,25H,3,12-13H2,1-2H3/b20-18+. The van der Waals surface area contributed by atoms with Crippen molar-refractivity contribution in [2.75, 3.05) is 20.3 Å². The highest BCUT2D eigenvalue weighted by molar-refractivity contribution is 9.10. The van der Waals surface area contributed by atoms with Gasteiger partial charge in [-0.3, -0.25) is 9.59 Å². The molecule has 1 unspecified atom stereocenters. The van der Waals surface area contributed by atoms with Gasteiger partial charge in [0.05, 0.1) is 11.6 Å². The summed E-state index contributed by atoms with van der Waals surface area (Å²) < 4.78 is 5.98. The van der Waals surface area contributed by atoms with Gasteiger partial charge >= 0.3 is 0 Å². The third-order valence-electron chi connectivity index (χ3n) is 4.80. The van der Waals surface area contributed by atoms with Crippen LogP contribution in [0.5, 0.6) is 0 Å². The zero-order valence-corrected chi connectivity index (χ0v) is 17.4. The number of carbonyl (C=O) groups excluding carboxylic acids is 2. The molecule has 1 saturated heterocycles. The summed E-state index contributed by atoms with van der Waals surface area (Å²) in [6.07, 6.45) is 0.598. The number of ether oxygens (including phenoxy) is 1. The average molecular weight is 444 g/mol. The molecule has 1 N–H and O–H groups in total. The van der Waals surface area contributed by atoms with E-state index in [0.717, 1.165) is 15.6 Å². The van der Waals surface area contributed by atoms with E-state index in [9.17, 15) is 14.7 Å². The molecule has 5 nitrogen and oxygen atoms in total. The van der Waals surface area contributed by atoms with Crippen molar-refractivity contribution >= 4 is 33.4 Å². The maximum absolute atomic E-state index is 12.8. The van der Waals surface area contributed by atoms with Crippen molar-refractivity contribution in [3.05, 3.63) is 75.3 Å². The van der Waals surface area contributed by atoms with E-state index in [2.05, 4.69) is 15.9 Å². The number of aliphatic hydroxyl groups is 1. The summed E-state index contributed by atoms with van der Waals surface area (Å²) in [5, 5.41) is 10.9. The topological polar surface area (TPSA) is 66.8 Å². The molecule has 28 heavy (non-hydrogen) atoms. The highest BCUT2D eigenvalue weighted by Gasteiger charge is 2.45. The van der Waals surface area contributed by atoms with Crippen LogP contribution in [-0.2, 0) is 14.3 Å². The van der Waals surface area contributed by atoms with Crippen LogP contribution in [0.15, 0.2) is 58.6 Å². The number of halogens is 1. The Kier molecular flexibility index (Phi) is 6.31. The molecule has 0 aromatic heterocycles. The Morgan fingerprint density at radius 3 is 2.36 bits per heavy atom. The number of ketones is 1. The van der Waals surface area contributed by atoms with Gasteiger partial charge in [-0.25, -0.2) is 0 Å². The minimum atomic E-state index is -0.664. The zero-order chi connectivity index (χ0) is 20.3. The predicted molar refractivity (Wildman–Crippen MR) is 111 cm³/mol. The molecule has 2 aromatic rings. The predicted octanol–water partition coefficient (Wildman–Crippen LogP) is 4.22. The molecule has 2 aromatic carbocycles. The molecule has 0 spiro atoms. The van der Waals surface area contributed by atoms with Crippen molar-refractivity contribution < 1.29 is 19.4 Å². The summed E-state index contributed by atoms with van der Waals surface area (Å²) in [4.78, 5) is 27.1. The summed E-state index contributed by atoms with van der Waals surface area (Å²) in [6, 6.07) is 14.0. The van der Waals surface area contributed by atoms with E-state index >= 15 is 0 Å². The van der Waals surface area contributed by atoms with E-state index < -0.39 is 17.7 Å². The number of aliphatic hydroxyl groups excluding tert-OH is 1. The molecule has 0 saturated carbocycles. The average Bonchev–Trinajstić information content (AvgIpc) is 2.94. The Labute approximate surface area is 172 Å². The van der Waals surface area contributed by atoms with Crippen LogP contribution in [0.3, 0.4) is 0 Å². The van der Waals surface area contributed by atoms with Gasteiger partial charge in [0.1, 0.15) is 5.76 Å². The minimum Gasteiger partial charge on any atom is -0.507 e. The molecule has 1 heterocycles. The van der Waals surface area contributed by atoms with Gasteiger partial charge in [0, 0.05) is 30.3 Å². The number of hydrogen-bond acceptors (Lipinski definition) is 4. The lowest BCUT2D eigenvalue weighted by atomic mass is 9.95. The number of carbonyl (C=O) groups is 2. The Morgan fingerprint density at radius 1 is 1.11 bits per heavy atom. The fraction of sp³-hybridized carbons (Fsp3) is 0.273.